The Hall–Kier alpha value is -0.370. The Balaban J connectivity index is 2.97. The molecule has 0 radical (unpaired) electrons. The van der Waals surface area contributed by atoms with Crippen LogP contribution in [0.1, 0.15) is 0 Å². The van der Waals surface area contributed by atoms with Crippen LogP contribution in [0.4, 0.5) is 26.3 Å². The summed E-state index contributed by atoms with van der Waals surface area (Å²) in [5.41, 5.74) is 0. The Kier molecular flexibility index (Phi) is 3.83. The second-order valence-corrected chi connectivity index (χ2v) is 4.84. The fourth-order valence-corrected chi connectivity index (χ4v) is 1.68. The third kappa shape index (κ3) is 3.07. The van der Waals surface area contributed by atoms with Crippen molar-refractivity contribution >= 4 is 27.7 Å². The van der Waals surface area contributed by atoms with Crippen molar-refractivity contribution in [1.82, 2.24) is 0 Å². The third-order valence-electron chi connectivity index (χ3n) is 1.46. The number of halogens is 7. The molecule has 0 aliphatic rings. The van der Waals surface area contributed by atoms with Gasteiger partial charge < -0.3 is 0 Å². The zero-order valence-corrected chi connectivity index (χ0v) is 9.69. The predicted octanol–water partition coefficient (Wildman–Crippen LogP) is 4.64. The molecule has 0 aliphatic heterocycles. The average molecular weight is 325 g/mol. The van der Waals surface area contributed by atoms with Crippen molar-refractivity contribution in [2.45, 2.75) is 15.0 Å². The van der Waals surface area contributed by atoms with Gasteiger partial charge in [0.25, 0.3) is 0 Å². The molecule has 16 heavy (non-hydrogen) atoms. The molecule has 0 fully saturated rings. The monoisotopic (exact) mass is 324 g/mol. The summed E-state index contributed by atoms with van der Waals surface area (Å²) in [5.74, 6) is -2.29. The lowest BCUT2D eigenvalue weighted by molar-refractivity contribution is -0.0780. The minimum atomic E-state index is -4.54. The van der Waals surface area contributed by atoms with Crippen LogP contribution in [0.25, 0.3) is 0 Å². The molecule has 0 spiro atoms. The minimum absolute atomic E-state index is 0.338. The lowest BCUT2D eigenvalue weighted by atomic mass is 10.3. The fourth-order valence-electron chi connectivity index (χ4n) is 0.754. The summed E-state index contributed by atoms with van der Waals surface area (Å²) in [6, 6.07) is 1.71. The van der Waals surface area contributed by atoms with Gasteiger partial charge in [-0.1, -0.05) is 0 Å². The molecule has 0 heterocycles. The summed E-state index contributed by atoms with van der Waals surface area (Å²) >= 11 is 0.812. The van der Waals surface area contributed by atoms with E-state index < -0.39 is 38.4 Å². The Morgan fingerprint density at radius 3 is 2.06 bits per heavy atom. The van der Waals surface area contributed by atoms with E-state index in [-0.39, 0.29) is 0 Å². The van der Waals surface area contributed by atoms with Crippen molar-refractivity contribution in [3.8, 4) is 0 Å². The maximum absolute atomic E-state index is 12.9. The van der Waals surface area contributed by atoms with Crippen molar-refractivity contribution in [2.75, 3.05) is 0 Å². The zero-order valence-electron chi connectivity index (χ0n) is 7.29. The molecule has 1 rings (SSSR count). The highest BCUT2D eigenvalue weighted by atomic mass is 79.9. The van der Waals surface area contributed by atoms with Crippen LogP contribution in [-0.2, 0) is 0 Å². The van der Waals surface area contributed by atoms with Crippen molar-refractivity contribution in [3.63, 3.8) is 0 Å². The van der Waals surface area contributed by atoms with Gasteiger partial charge in [-0.3, -0.25) is 0 Å². The van der Waals surface area contributed by atoms with Crippen LogP contribution in [0, 0.1) is 11.6 Å². The largest absolute Gasteiger partial charge is 0.373 e. The van der Waals surface area contributed by atoms with E-state index in [2.05, 4.69) is 0 Å². The van der Waals surface area contributed by atoms with E-state index in [0.717, 1.165) is 0 Å². The summed E-state index contributed by atoms with van der Waals surface area (Å²) in [5, 5.41) is -4.54. The third-order valence-corrected chi connectivity index (χ3v) is 3.29. The van der Waals surface area contributed by atoms with Crippen LogP contribution in [-0.4, -0.2) is 10.1 Å². The number of rotatable bonds is 3. The molecule has 0 unspecified atom stereocenters. The van der Waals surface area contributed by atoms with Gasteiger partial charge in [0.1, 0.15) is 11.6 Å². The quantitative estimate of drug-likeness (QED) is 0.443. The van der Waals surface area contributed by atoms with Crippen LogP contribution < -0.4 is 0 Å². The van der Waals surface area contributed by atoms with Crippen LogP contribution >= 0.6 is 27.7 Å². The molecule has 0 saturated carbocycles. The molecule has 0 aliphatic carbocycles. The summed E-state index contributed by atoms with van der Waals surface area (Å²) in [6.07, 6.45) is 0. The first-order valence-electron chi connectivity index (χ1n) is 3.72. The molecular formula is C8H3BrF6S. The van der Waals surface area contributed by atoms with Crippen LogP contribution in [0.5, 0.6) is 0 Å². The summed E-state index contributed by atoms with van der Waals surface area (Å²) in [7, 11) is 0. The molecule has 0 aromatic heterocycles. The molecule has 90 valence electrons. The number of hydrogen-bond donors (Lipinski definition) is 0. The molecular weight excluding hydrogens is 322 g/mol. The molecule has 0 amide bonds. The SMILES string of the molecule is Fc1ccc(SC(F)(F)C(F)(F)Br)c(F)c1. The smallest absolute Gasteiger partial charge is 0.207 e. The molecule has 1 aromatic carbocycles. The normalized spacial score (nSPS) is 12.9. The van der Waals surface area contributed by atoms with E-state index >= 15 is 0 Å². The Morgan fingerprint density at radius 1 is 1.06 bits per heavy atom. The number of hydrogen-bond acceptors (Lipinski definition) is 1. The minimum Gasteiger partial charge on any atom is -0.207 e. The van der Waals surface area contributed by atoms with Gasteiger partial charge in [0, 0.05) is 11.0 Å². The van der Waals surface area contributed by atoms with E-state index in [0.29, 0.717) is 18.2 Å². The second-order valence-electron chi connectivity index (χ2n) is 2.69. The molecule has 0 atom stereocenters. The summed E-state index contributed by atoms with van der Waals surface area (Å²) in [4.78, 5) is -5.24. The Labute approximate surface area is 99.1 Å². The van der Waals surface area contributed by atoms with Crippen LogP contribution in [0.2, 0.25) is 0 Å². The molecule has 0 nitrogen and oxygen atoms in total. The van der Waals surface area contributed by atoms with E-state index in [1.165, 1.54) is 15.9 Å². The topological polar surface area (TPSA) is 0 Å². The standard InChI is InChI=1S/C8H3BrF6S/c9-7(12,13)8(14,15)16-6-2-1-4(10)3-5(6)11/h1-3H. The van der Waals surface area contributed by atoms with E-state index in [4.69, 9.17) is 0 Å². The van der Waals surface area contributed by atoms with Gasteiger partial charge in [-0.25, -0.2) is 8.78 Å². The maximum atomic E-state index is 12.9. The highest BCUT2D eigenvalue weighted by Gasteiger charge is 2.55. The summed E-state index contributed by atoms with van der Waals surface area (Å²) in [6.45, 7) is 0. The number of alkyl halides is 5. The molecule has 0 saturated heterocycles. The Bertz CT molecular complexity index is 389. The lowest BCUT2D eigenvalue weighted by Gasteiger charge is -2.20. The fraction of sp³-hybridized carbons (Fsp3) is 0.250. The van der Waals surface area contributed by atoms with Gasteiger partial charge in [0.05, 0.1) is 0 Å². The second kappa shape index (κ2) is 4.48. The number of benzene rings is 1. The van der Waals surface area contributed by atoms with Gasteiger partial charge >= 0.3 is 10.1 Å². The zero-order chi connectivity index (χ0) is 12.6. The van der Waals surface area contributed by atoms with E-state index in [1.807, 2.05) is 0 Å². The van der Waals surface area contributed by atoms with Crippen molar-refractivity contribution < 1.29 is 26.3 Å². The molecule has 8 heteroatoms. The summed E-state index contributed by atoms with van der Waals surface area (Å²) < 4.78 is 75.6. The van der Waals surface area contributed by atoms with Crippen LogP contribution in [0.3, 0.4) is 0 Å². The van der Waals surface area contributed by atoms with Crippen molar-refractivity contribution in [1.29, 1.82) is 0 Å². The van der Waals surface area contributed by atoms with Gasteiger partial charge in [-0.15, -0.1) is 0 Å². The number of thioether (sulfide) groups is 1. The molecule has 0 N–H and O–H groups in total. The van der Waals surface area contributed by atoms with Crippen molar-refractivity contribution in [3.05, 3.63) is 29.8 Å². The highest BCUT2D eigenvalue weighted by molar-refractivity contribution is 9.10. The van der Waals surface area contributed by atoms with Gasteiger partial charge in [0.2, 0.25) is 0 Å². The molecule has 1 aromatic rings. The molecule has 0 bridgehead atoms. The van der Waals surface area contributed by atoms with Crippen LogP contribution in [0.15, 0.2) is 23.1 Å². The van der Waals surface area contributed by atoms with E-state index in [9.17, 15) is 26.3 Å². The predicted molar refractivity (Wildman–Crippen MR) is 51.0 cm³/mol. The first kappa shape index (κ1) is 13.7. The van der Waals surface area contributed by atoms with Gasteiger partial charge in [0.15, 0.2) is 0 Å². The first-order chi connectivity index (χ1) is 7.13. The Morgan fingerprint density at radius 2 is 1.62 bits per heavy atom. The van der Waals surface area contributed by atoms with Gasteiger partial charge in [-0.2, -0.15) is 17.6 Å². The first-order valence-corrected chi connectivity index (χ1v) is 5.33. The van der Waals surface area contributed by atoms with Gasteiger partial charge in [-0.05, 0) is 39.8 Å². The average Bonchev–Trinajstić information content (AvgIpc) is 2.08. The highest BCUT2D eigenvalue weighted by Crippen LogP contribution is 2.50. The van der Waals surface area contributed by atoms with E-state index in [1.54, 1.807) is 0 Å². The van der Waals surface area contributed by atoms with Crippen molar-refractivity contribution in [2.24, 2.45) is 0 Å². The maximum Gasteiger partial charge on any atom is 0.373 e. The lowest BCUT2D eigenvalue weighted by Crippen LogP contribution is -2.31.